The fraction of sp³-hybridized carbons (Fsp3) is 0.167. The molecule has 0 aliphatic heterocycles. The highest BCUT2D eigenvalue weighted by Crippen LogP contribution is 2.52. The highest BCUT2D eigenvalue weighted by Gasteiger charge is 2.63. The van der Waals surface area contributed by atoms with Crippen molar-refractivity contribution in [1.29, 1.82) is 0 Å². The summed E-state index contributed by atoms with van der Waals surface area (Å²) in [7, 11) is -4.13. The number of aliphatic carboxylic acids is 1. The number of hydrogen-bond donors (Lipinski definition) is 4. The van der Waals surface area contributed by atoms with E-state index in [9.17, 15) is 23.1 Å². The molecule has 0 radical (unpaired) electrons. The third kappa shape index (κ3) is 4.83. The summed E-state index contributed by atoms with van der Waals surface area (Å²) in [6.45, 7) is -0.691. The van der Waals surface area contributed by atoms with Gasteiger partial charge in [0.25, 0.3) is 0 Å². The number of carboxylic acid groups (broad SMARTS) is 1. The number of anilines is 1. The lowest BCUT2D eigenvalue weighted by Gasteiger charge is -2.16. The Balaban J connectivity index is 1.55. The van der Waals surface area contributed by atoms with Gasteiger partial charge in [0.1, 0.15) is 12.1 Å². The van der Waals surface area contributed by atoms with Gasteiger partial charge in [-0.25, -0.2) is 8.42 Å². The monoisotopic (exact) mass is 500 g/mol. The predicted octanol–water partition coefficient (Wildman–Crippen LogP) is 3.23. The van der Waals surface area contributed by atoms with Crippen LogP contribution in [0.4, 0.5) is 5.69 Å². The summed E-state index contributed by atoms with van der Waals surface area (Å²) in [4.78, 5) is 23.5. The van der Waals surface area contributed by atoms with E-state index in [0.717, 1.165) is 11.1 Å². The highest BCUT2D eigenvalue weighted by atomic mass is 35.5. The second kappa shape index (κ2) is 9.19. The van der Waals surface area contributed by atoms with E-state index < -0.39 is 40.0 Å². The van der Waals surface area contributed by atoms with Crippen molar-refractivity contribution in [3.05, 3.63) is 83.4 Å². The van der Waals surface area contributed by atoms with Gasteiger partial charge in [0, 0.05) is 16.6 Å². The van der Waals surface area contributed by atoms with Crippen molar-refractivity contribution in [1.82, 2.24) is 4.72 Å². The lowest BCUT2D eigenvalue weighted by Crippen LogP contribution is -2.44. The topological polar surface area (TPSA) is 133 Å². The molecule has 2 atom stereocenters. The number of benzene rings is 3. The minimum Gasteiger partial charge on any atom is -0.480 e. The third-order valence-electron chi connectivity index (χ3n) is 5.72. The Bertz CT molecular complexity index is 1340. The number of nitrogens with one attached hydrogen (secondary N) is 2. The average Bonchev–Trinajstić information content (AvgIpc) is 3.54. The number of carbonyl (C=O) groups excluding carboxylic acids is 1. The van der Waals surface area contributed by atoms with Gasteiger partial charge in [-0.2, -0.15) is 4.72 Å². The van der Waals surface area contributed by atoms with Crippen molar-refractivity contribution in [3.63, 3.8) is 0 Å². The standard InChI is InChI=1S/C24H21ClN2O6S/c25-18-8-4-15(5-9-18)16-6-10-20(11-7-16)34(32,33)27-24(23(30)31)13-21(24)17-2-1-3-19(12-17)26-22(29)14-28/h1-12,21,27-28H,13-14H2,(H,26,29)(H,30,31)/t21-,24+/m0/s1. The number of amides is 1. The number of sulfonamides is 1. The van der Waals surface area contributed by atoms with Crippen LogP contribution in [-0.2, 0) is 19.6 Å². The molecule has 1 amide bonds. The molecule has 0 unspecified atom stereocenters. The first-order valence-corrected chi connectivity index (χ1v) is 12.1. The Hall–Kier alpha value is -3.24. The average molecular weight is 501 g/mol. The largest absolute Gasteiger partial charge is 0.480 e. The minimum absolute atomic E-state index is 0.0551. The molecule has 8 nitrogen and oxygen atoms in total. The maximum absolute atomic E-state index is 13.0. The molecule has 0 saturated heterocycles. The summed E-state index contributed by atoms with van der Waals surface area (Å²) in [5.74, 6) is -2.53. The summed E-state index contributed by atoms with van der Waals surface area (Å²) in [5.41, 5.74) is 0.878. The van der Waals surface area contributed by atoms with Crippen LogP contribution < -0.4 is 10.0 Å². The quantitative estimate of drug-likeness (QED) is 0.375. The Morgan fingerprint density at radius 2 is 1.62 bits per heavy atom. The predicted molar refractivity (Wildman–Crippen MR) is 127 cm³/mol. The van der Waals surface area contributed by atoms with Crippen molar-refractivity contribution < 1.29 is 28.2 Å². The van der Waals surface area contributed by atoms with Crippen LogP contribution >= 0.6 is 11.6 Å². The van der Waals surface area contributed by atoms with Crippen LogP contribution in [0.3, 0.4) is 0 Å². The first-order chi connectivity index (χ1) is 16.1. The van der Waals surface area contributed by atoms with Gasteiger partial charge >= 0.3 is 5.97 Å². The normalized spacial score (nSPS) is 19.4. The van der Waals surface area contributed by atoms with Crippen LogP contribution in [0.15, 0.2) is 77.7 Å². The molecular formula is C24H21ClN2O6S. The molecule has 34 heavy (non-hydrogen) atoms. The first-order valence-electron chi connectivity index (χ1n) is 10.3. The van der Waals surface area contributed by atoms with Crippen LogP contribution in [0, 0.1) is 0 Å². The zero-order valence-corrected chi connectivity index (χ0v) is 19.3. The molecule has 0 spiro atoms. The molecule has 0 bridgehead atoms. The number of carbonyl (C=O) groups is 2. The lowest BCUT2D eigenvalue weighted by atomic mass is 10.1. The van der Waals surface area contributed by atoms with Crippen LogP contribution in [0.1, 0.15) is 17.9 Å². The summed E-state index contributed by atoms with van der Waals surface area (Å²) in [5, 5.41) is 21.8. The van der Waals surface area contributed by atoms with Crippen molar-refractivity contribution in [2.75, 3.05) is 11.9 Å². The molecule has 4 rings (SSSR count). The van der Waals surface area contributed by atoms with E-state index in [-0.39, 0.29) is 11.3 Å². The Morgan fingerprint density at radius 1 is 1.00 bits per heavy atom. The zero-order chi connectivity index (χ0) is 24.5. The second-order valence-corrected chi connectivity index (χ2v) is 10.1. The molecular weight excluding hydrogens is 480 g/mol. The van der Waals surface area contributed by atoms with Gasteiger partial charge in [-0.3, -0.25) is 9.59 Å². The van der Waals surface area contributed by atoms with E-state index in [0.29, 0.717) is 16.3 Å². The second-order valence-electron chi connectivity index (χ2n) is 8.00. The molecule has 3 aromatic rings. The number of halogens is 1. The fourth-order valence-corrected chi connectivity index (χ4v) is 5.39. The Morgan fingerprint density at radius 3 is 2.21 bits per heavy atom. The van der Waals surface area contributed by atoms with Crippen LogP contribution in [0.5, 0.6) is 0 Å². The van der Waals surface area contributed by atoms with Crippen LogP contribution in [0.2, 0.25) is 5.02 Å². The molecule has 1 saturated carbocycles. The smallest absolute Gasteiger partial charge is 0.325 e. The first kappa shape index (κ1) is 23.9. The molecule has 1 aliphatic rings. The zero-order valence-electron chi connectivity index (χ0n) is 17.7. The van der Waals surface area contributed by atoms with Crippen molar-refractivity contribution in [2.45, 2.75) is 22.8 Å². The van der Waals surface area contributed by atoms with Crippen molar-refractivity contribution in [2.24, 2.45) is 0 Å². The van der Waals surface area contributed by atoms with Gasteiger partial charge in [-0.1, -0.05) is 48.0 Å². The molecule has 1 aliphatic carbocycles. The van der Waals surface area contributed by atoms with Gasteiger partial charge in [0.15, 0.2) is 0 Å². The van der Waals surface area contributed by atoms with Crippen LogP contribution in [-0.4, -0.2) is 42.7 Å². The van der Waals surface area contributed by atoms with Gasteiger partial charge < -0.3 is 15.5 Å². The third-order valence-corrected chi connectivity index (χ3v) is 7.50. The minimum atomic E-state index is -4.13. The molecule has 3 aromatic carbocycles. The van der Waals surface area contributed by atoms with Gasteiger partial charge in [-0.15, -0.1) is 0 Å². The SMILES string of the molecule is O=C(CO)Nc1cccc([C@@H]2C[C@]2(NS(=O)(=O)c2ccc(-c3ccc(Cl)cc3)cc2)C(=O)O)c1. The number of carboxylic acids is 1. The van der Waals surface area contributed by atoms with E-state index in [1.54, 1.807) is 48.5 Å². The summed E-state index contributed by atoms with van der Waals surface area (Å²) in [6, 6.07) is 19.7. The van der Waals surface area contributed by atoms with Crippen molar-refractivity contribution >= 4 is 39.2 Å². The van der Waals surface area contributed by atoms with Gasteiger partial charge in [0.05, 0.1) is 4.90 Å². The van der Waals surface area contributed by atoms with E-state index in [1.165, 1.54) is 12.1 Å². The number of hydrogen-bond acceptors (Lipinski definition) is 5. The molecule has 4 N–H and O–H groups in total. The van der Waals surface area contributed by atoms with Gasteiger partial charge in [0.2, 0.25) is 15.9 Å². The van der Waals surface area contributed by atoms with Crippen molar-refractivity contribution in [3.8, 4) is 11.1 Å². The number of rotatable bonds is 8. The molecule has 0 aromatic heterocycles. The van der Waals surface area contributed by atoms with Crippen LogP contribution in [0.25, 0.3) is 11.1 Å². The highest BCUT2D eigenvalue weighted by molar-refractivity contribution is 7.89. The fourth-order valence-electron chi connectivity index (χ4n) is 3.86. The molecule has 1 fully saturated rings. The summed E-state index contributed by atoms with van der Waals surface area (Å²) in [6.07, 6.45) is 0.0574. The Labute approximate surface area is 201 Å². The summed E-state index contributed by atoms with van der Waals surface area (Å²) >= 11 is 5.91. The lowest BCUT2D eigenvalue weighted by molar-refractivity contribution is -0.140. The summed E-state index contributed by atoms with van der Waals surface area (Å²) < 4.78 is 28.4. The Kier molecular flexibility index (Phi) is 6.46. The maximum Gasteiger partial charge on any atom is 0.325 e. The van der Waals surface area contributed by atoms with E-state index in [1.807, 2.05) is 12.1 Å². The molecule has 176 valence electrons. The van der Waals surface area contributed by atoms with Gasteiger partial charge in [-0.05, 0) is 59.5 Å². The van der Waals surface area contributed by atoms with E-state index in [4.69, 9.17) is 16.7 Å². The molecule has 0 heterocycles. The van der Waals surface area contributed by atoms with E-state index >= 15 is 0 Å². The van der Waals surface area contributed by atoms with E-state index in [2.05, 4.69) is 10.0 Å². The number of aliphatic hydroxyl groups is 1. The maximum atomic E-state index is 13.0. The number of aliphatic hydroxyl groups excluding tert-OH is 1. The molecule has 10 heteroatoms.